The fourth-order valence-corrected chi connectivity index (χ4v) is 2.65. The minimum Gasteiger partial charge on any atom is -0.411 e. The van der Waals surface area contributed by atoms with E-state index in [4.69, 9.17) is 5.21 Å². The van der Waals surface area contributed by atoms with Crippen molar-refractivity contribution < 1.29 is 5.21 Å². The lowest BCUT2D eigenvalue weighted by atomic mass is 9.68. The molecule has 2 heteroatoms. The van der Waals surface area contributed by atoms with Crippen molar-refractivity contribution in [1.82, 2.24) is 0 Å². The van der Waals surface area contributed by atoms with Gasteiger partial charge in [0.2, 0.25) is 0 Å². The highest BCUT2D eigenvalue weighted by Crippen LogP contribution is 2.42. The van der Waals surface area contributed by atoms with Crippen LogP contribution >= 0.6 is 0 Å². The van der Waals surface area contributed by atoms with Gasteiger partial charge in [-0.15, -0.1) is 5.16 Å². The molecule has 0 saturated carbocycles. The second-order valence-electron chi connectivity index (χ2n) is 5.34. The molecule has 0 radical (unpaired) electrons. The van der Waals surface area contributed by atoms with Gasteiger partial charge in [0.25, 0.3) is 0 Å². The Kier molecular flexibility index (Phi) is 3.05. The van der Waals surface area contributed by atoms with Gasteiger partial charge in [-0.1, -0.05) is 44.7 Å². The Morgan fingerprint density at radius 3 is 2.88 bits per heavy atom. The van der Waals surface area contributed by atoms with Crippen LogP contribution in [0.4, 0.5) is 0 Å². The summed E-state index contributed by atoms with van der Waals surface area (Å²) in [7, 11) is 0. The fraction of sp³-hybridized carbons (Fsp3) is 0.400. The monoisotopic (exact) mass is 229 g/mol. The maximum absolute atomic E-state index is 8.73. The van der Waals surface area contributed by atoms with E-state index in [-0.39, 0.29) is 11.3 Å². The molecule has 0 saturated heterocycles. The fourth-order valence-electron chi connectivity index (χ4n) is 2.65. The number of fused-ring (bicyclic) bond motifs is 1. The second-order valence-corrected chi connectivity index (χ2v) is 5.34. The lowest BCUT2D eigenvalue weighted by Gasteiger charge is -2.36. The van der Waals surface area contributed by atoms with Crippen LogP contribution in [0.3, 0.4) is 0 Å². The number of benzene rings is 1. The molecule has 0 amide bonds. The maximum Gasteiger partial charge on any atom is 0.0510 e. The van der Waals surface area contributed by atoms with E-state index < -0.39 is 0 Å². The molecule has 1 aliphatic carbocycles. The number of rotatable bonds is 2. The van der Waals surface area contributed by atoms with Crippen LogP contribution in [0.5, 0.6) is 0 Å². The Balaban J connectivity index is 2.55. The molecule has 1 unspecified atom stereocenters. The van der Waals surface area contributed by atoms with E-state index in [0.29, 0.717) is 0 Å². The SMILES string of the molecule is C=Cc1ccc2c(c1)C(C)(C)CCC2C=NO. The van der Waals surface area contributed by atoms with Crippen LogP contribution in [0.15, 0.2) is 29.9 Å². The summed E-state index contributed by atoms with van der Waals surface area (Å²) in [5.74, 6) is 0.238. The van der Waals surface area contributed by atoms with Crippen LogP contribution in [0.2, 0.25) is 0 Å². The number of nitrogens with zero attached hydrogens (tertiary/aromatic N) is 1. The van der Waals surface area contributed by atoms with E-state index in [9.17, 15) is 0 Å². The van der Waals surface area contributed by atoms with Crippen molar-refractivity contribution in [3.05, 3.63) is 41.5 Å². The number of hydrogen-bond acceptors (Lipinski definition) is 2. The quantitative estimate of drug-likeness (QED) is 0.465. The Bertz CT molecular complexity index is 460. The molecule has 0 bridgehead atoms. The van der Waals surface area contributed by atoms with E-state index in [1.165, 1.54) is 11.1 Å². The molecule has 2 rings (SSSR count). The lowest BCUT2D eigenvalue weighted by Crippen LogP contribution is -2.26. The van der Waals surface area contributed by atoms with Crippen LogP contribution < -0.4 is 0 Å². The van der Waals surface area contributed by atoms with Crippen molar-refractivity contribution in [2.45, 2.75) is 38.0 Å². The molecule has 1 aliphatic rings. The minimum atomic E-state index is 0.189. The van der Waals surface area contributed by atoms with Crippen molar-refractivity contribution >= 4 is 12.3 Å². The van der Waals surface area contributed by atoms with Gasteiger partial charge >= 0.3 is 0 Å². The number of hydrogen-bond donors (Lipinski definition) is 1. The van der Waals surface area contributed by atoms with Crippen molar-refractivity contribution in [2.75, 3.05) is 0 Å². The van der Waals surface area contributed by atoms with Crippen LogP contribution in [-0.2, 0) is 5.41 Å². The van der Waals surface area contributed by atoms with Gasteiger partial charge in [0.1, 0.15) is 0 Å². The number of oxime groups is 1. The first kappa shape index (κ1) is 11.9. The van der Waals surface area contributed by atoms with Crippen molar-refractivity contribution in [1.29, 1.82) is 0 Å². The summed E-state index contributed by atoms with van der Waals surface area (Å²) >= 11 is 0. The van der Waals surface area contributed by atoms with Crippen LogP contribution in [0.25, 0.3) is 6.08 Å². The van der Waals surface area contributed by atoms with Crippen molar-refractivity contribution in [3.63, 3.8) is 0 Å². The molecular formula is C15H19NO. The summed E-state index contributed by atoms with van der Waals surface area (Å²) in [4.78, 5) is 0. The van der Waals surface area contributed by atoms with Crippen molar-refractivity contribution in [2.24, 2.45) is 5.16 Å². The van der Waals surface area contributed by atoms with Gasteiger partial charge < -0.3 is 5.21 Å². The topological polar surface area (TPSA) is 32.6 Å². The van der Waals surface area contributed by atoms with E-state index >= 15 is 0 Å². The zero-order valence-corrected chi connectivity index (χ0v) is 10.5. The molecule has 1 aromatic carbocycles. The van der Waals surface area contributed by atoms with E-state index in [1.807, 2.05) is 6.08 Å². The molecule has 0 aromatic heterocycles. The van der Waals surface area contributed by atoms with E-state index in [1.54, 1.807) is 6.21 Å². The largest absolute Gasteiger partial charge is 0.411 e. The maximum atomic E-state index is 8.73. The molecule has 0 fully saturated rings. The highest BCUT2D eigenvalue weighted by atomic mass is 16.4. The molecule has 1 N–H and O–H groups in total. The summed E-state index contributed by atoms with van der Waals surface area (Å²) in [6, 6.07) is 6.42. The molecule has 17 heavy (non-hydrogen) atoms. The molecule has 2 nitrogen and oxygen atoms in total. The molecule has 90 valence electrons. The molecule has 0 spiro atoms. The van der Waals surface area contributed by atoms with Gasteiger partial charge in [-0.25, -0.2) is 0 Å². The van der Waals surface area contributed by atoms with Gasteiger partial charge in [-0.05, 0) is 34.9 Å². The van der Waals surface area contributed by atoms with Gasteiger partial charge in [0.15, 0.2) is 0 Å². The third-order valence-corrected chi connectivity index (χ3v) is 3.77. The normalized spacial score (nSPS) is 22.4. The summed E-state index contributed by atoms with van der Waals surface area (Å²) in [6.07, 6.45) is 5.66. The third-order valence-electron chi connectivity index (χ3n) is 3.77. The Labute approximate surface area is 103 Å². The van der Waals surface area contributed by atoms with E-state index in [0.717, 1.165) is 18.4 Å². The van der Waals surface area contributed by atoms with Crippen LogP contribution in [-0.4, -0.2) is 11.4 Å². The van der Waals surface area contributed by atoms with Gasteiger partial charge in [-0.3, -0.25) is 0 Å². The van der Waals surface area contributed by atoms with Crippen LogP contribution in [0, 0.1) is 0 Å². The van der Waals surface area contributed by atoms with Gasteiger partial charge in [0, 0.05) is 5.92 Å². The predicted octanol–water partition coefficient (Wildman–Crippen LogP) is 3.94. The zero-order valence-electron chi connectivity index (χ0n) is 10.5. The molecule has 0 aliphatic heterocycles. The van der Waals surface area contributed by atoms with Gasteiger partial charge in [-0.2, -0.15) is 0 Å². The lowest BCUT2D eigenvalue weighted by molar-refractivity contribution is 0.317. The molecule has 0 heterocycles. The molecule has 1 atom stereocenters. The van der Waals surface area contributed by atoms with Crippen LogP contribution in [0.1, 0.15) is 49.3 Å². The Hall–Kier alpha value is -1.57. The van der Waals surface area contributed by atoms with Crippen molar-refractivity contribution in [3.8, 4) is 0 Å². The summed E-state index contributed by atoms with van der Waals surface area (Å²) in [5.41, 5.74) is 3.97. The molecular weight excluding hydrogens is 210 g/mol. The Morgan fingerprint density at radius 1 is 1.47 bits per heavy atom. The first-order chi connectivity index (χ1) is 8.08. The smallest absolute Gasteiger partial charge is 0.0510 e. The second kappa shape index (κ2) is 4.36. The molecule has 1 aromatic rings. The Morgan fingerprint density at radius 2 is 2.24 bits per heavy atom. The highest BCUT2D eigenvalue weighted by molar-refractivity contribution is 5.70. The summed E-state index contributed by atoms with van der Waals surface area (Å²) in [6.45, 7) is 8.35. The van der Waals surface area contributed by atoms with E-state index in [2.05, 4.69) is 43.8 Å². The summed E-state index contributed by atoms with van der Waals surface area (Å²) in [5, 5.41) is 11.9. The minimum absolute atomic E-state index is 0.189. The summed E-state index contributed by atoms with van der Waals surface area (Å²) < 4.78 is 0. The highest BCUT2D eigenvalue weighted by Gasteiger charge is 2.31. The first-order valence-electron chi connectivity index (χ1n) is 6.03. The average Bonchev–Trinajstić information content (AvgIpc) is 2.33. The van der Waals surface area contributed by atoms with Gasteiger partial charge in [0.05, 0.1) is 6.21 Å². The average molecular weight is 229 g/mol. The zero-order chi connectivity index (χ0) is 12.5. The predicted molar refractivity (Wildman–Crippen MR) is 71.8 cm³/mol. The third kappa shape index (κ3) is 2.12. The standard InChI is InChI=1S/C15H19NO/c1-4-11-5-6-13-12(10-16-17)7-8-15(2,3)14(13)9-11/h4-6,9-10,12,17H,1,7-8H2,2-3H3. The first-order valence-corrected chi connectivity index (χ1v) is 6.03.